The Labute approximate surface area is 101 Å². The van der Waals surface area contributed by atoms with Crippen molar-refractivity contribution in [2.24, 2.45) is 13.0 Å². The van der Waals surface area contributed by atoms with E-state index in [0.717, 1.165) is 37.2 Å². The van der Waals surface area contributed by atoms with Crippen LogP contribution in [-0.2, 0) is 7.05 Å². The summed E-state index contributed by atoms with van der Waals surface area (Å²) in [7, 11) is 3.82. The minimum Gasteiger partial charge on any atom is -0.393 e. The van der Waals surface area contributed by atoms with E-state index in [1.54, 1.807) is 4.68 Å². The molecule has 94 valence electrons. The Balaban J connectivity index is 2.12. The largest absolute Gasteiger partial charge is 0.393 e. The summed E-state index contributed by atoms with van der Waals surface area (Å²) >= 11 is 0. The molecule has 0 spiro atoms. The molecule has 0 amide bonds. The molecule has 0 aliphatic heterocycles. The zero-order valence-electron chi connectivity index (χ0n) is 10.6. The number of aromatic nitrogens is 2. The number of carbonyl (C=O) groups is 1. The summed E-state index contributed by atoms with van der Waals surface area (Å²) < 4.78 is 1.74. The van der Waals surface area contributed by atoms with Crippen LogP contribution >= 0.6 is 0 Å². The van der Waals surface area contributed by atoms with Crippen LogP contribution in [0, 0.1) is 12.8 Å². The number of anilines is 1. The van der Waals surface area contributed by atoms with E-state index in [1.807, 2.05) is 21.0 Å². The molecular formula is C12H19N3O2. The van der Waals surface area contributed by atoms with Crippen LogP contribution in [0.15, 0.2) is 0 Å². The van der Waals surface area contributed by atoms with Gasteiger partial charge in [0, 0.05) is 20.6 Å². The van der Waals surface area contributed by atoms with Crippen LogP contribution in [0.25, 0.3) is 0 Å². The fourth-order valence-corrected chi connectivity index (χ4v) is 2.58. The molecule has 0 bridgehead atoms. The van der Waals surface area contributed by atoms with E-state index in [4.69, 9.17) is 0 Å². The molecule has 1 fully saturated rings. The Kier molecular flexibility index (Phi) is 3.19. The summed E-state index contributed by atoms with van der Waals surface area (Å²) in [4.78, 5) is 13.1. The zero-order valence-corrected chi connectivity index (χ0v) is 10.6. The van der Waals surface area contributed by atoms with Crippen molar-refractivity contribution in [2.75, 3.05) is 18.5 Å². The van der Waals surface area contributed by atoms with Gasteiger partial charge in [-0.25, -0.2) is 0 Å². The third-order valence-electron chi connectivity index (χ3n) is 3.46. The standard InChI is InChI=1S/C12H19N3O2/c1-8-11(7-16)12(15(3)13-8)14(2)6-9-4-10(17)5-9/h7,9-10,17H,4-6H2,1-3H3. The van der Waals surface area contributed by atoms with Crippen molar-refractivity contribution in [1.29, 1.82) is 0 Å². The van der Waals surface area contributed by atoms with Gasteiger partial charge in [0.05, 0.1) is 17.4 Å². The minimum atomic E-state index is -0.132. The van der Waals surface area contributed by atoms with Crippen LogP contribution in [0.4, 0.5) is 5.82 Å². The van der Waals surface area contributed by atoms with Crippen LogP contribution in [0.1, 0.15) is 28.9 Å². The van der Waals surface area contributed by atoms with Gasteiger partial charge in [0.15, 0.2) is 6.29 Å². The van der Waals surface area contributed by atoms with E-state index >= 15 is 0 Å². The van der Waals surface area contributed by atoms with Crippen LogP contribution in [0.2, 0.25) is 0 Å². The van der Waals surface area contributed by atoms with Crippen LogP contribution in [-0.4, -0.2) is 40.9 Å². The fraction of sp³-hybridized carbons (Fsp3) is 0.667. The molecule has 5 heteroatoms. The highest BCUT2D eigenvalue weighted by atomic mass is 16.3. The molecule has 1 N–H and O–H groups in total. The van der Waals surface area contributed by atoms with Crippen molar-refractivity contribution in [3.63, 3.8) is 0 Å². The lowest BCUT2D eigenvalue weighted by molar-refractivity contribution is 0.0463. The first-order valence-corrected chi connectivity index (χ1v) is 5.91. The van der Waals surface area contributed by atoms with Gasteiger partial charge in [0.2, 0.25) is 0 Å². The third kappa shape index (κ3) is 2.20. The highest BCUT2D eigenvalue weighted by molar-refractivity contribution is 5.84. The third-order valence-corrected chi connectivity index (χ3v) is 3.46. The van der Waals surface area contributed by atoms with Crippen LogP contribution < -0.4 is 4.90 Å². The summed E-state index contributed by atoms with van der Waals surface area (Å²) in [5.74, 6) is 1.38. The summed E-state index contributed by atoms with van der Waals surface area (Å²) in [6.07, 6.45) is 2.45. The first kappa shape index (κ1) is 12.1. The van der Waals surface area contributed by atoms with Gasteiger partial charge >= 0.3 is 0 Å². The molecule has 0 radical (unpaired) electrons. The topological polar surface area (TPSA) is 58.4 Å². The number of hydrogen-bond acceptors (Lipinski definition) is 4. The highest BCUT2D eigenvalue weighted by Gasteiger charge is 2.29. The average Bonchev–Trinajstić information content (AvgIpc) is 2.50. The highest BCUT2D eigenvalue weighted by Crippen LogP contribution is 2.30. The number of hydrogen-bond donors (Lipinski definition) is 1. The quantitative estimate of drug-likeness (QED) is 0.785. The van der Waals surface area contributed by atoms with E-state index in [9.17, 15) is 9.90 Å². The Morgan fingerprint density at radius 1 is 1.59 bits per heavy atom. The molecule has 0 saturated heterocycles. The minimum absolute atomic E-state index is 0.132. The van der Waals surface area contributed by atoms with Crippen molar-refractivity contribution in [1.82, 2.24) is 9.78 Å². The van der Waals surface area contributed by atoms with E-state index in [0.29, 0.717) is 11.5 Å². The number of rotatable bonds is 4. The lowest BCUT2D eigenvalue weighted by Crippen LogP contribution is -2.37. The molecule has 1 aliphatic rings. The first-order valence-electron chi connectivity index (χ1n) is 5.91. The number of aliphatic hydroxyl groups is 1. The second-order valence-electron chi connectivity index (χ2n) is 4.94. The van der Waals surface area contributed by atoms with Crippen molar-refractivity contribution in [3.05, 3.63) is 11.3 Å². The molecule has 2 rings (SSSR count). The maximum atomic E-state index is 11.1. The van der Waals surface area contributed by atoms with Crippen molar-refractivity contribution < 1.29 is 9.90 Å². The number of aldehydes is 1. The summed E-state index contributed by atoms with van der Waals surface area (Å²) in [5, 5.41) is 13.5. The second-order valence-corrected chi connectivity index (χ2v) is 4.94. The number of carbonyl (C=O) groups excluding carboxylic acids is 1. The van der Waals surface area contributed by atoms with E-state index in [-0.39, 0.29) is 6.10 Å². The lowest BCUT2D eigenvalue weighted by Gasteiger charge is -2.35. The molecule has 5 nitrogen and oxygen atoms in total. The van der Waals surface area contributed by atoms with E-state index in [1.165, 1.54) is 0 Å². The predicted molar refractivity (Wildman–Crippen MR) is 65.3 cm³/mol. The Morgan fingerprint density at radius 2 is 2.24 bits per heavy atom. The van der Waals surface area contributed by atoms with E-state index in [2.05, 4.69) is 10.00 Å². The monoisotopic (exact) mass is 237 g/mol. The lowest BCUT2D eigenvalue weighted by atomic mass is 9.82. The molecular weight excluding hydrogens is 218 g/mol. The van der Waals surface area contributed by atoms with Gasteiger partial charge < -0.3 is 10.0 Å². The number of aliphatic hydroxyl groups excluding tert-OH is 1. The number of aryl methyl sites for hydroxylation is 2. The summed E-state index contributed by atoms with van der Waals surface area (Å²) in [6, 6.07) is 0. The summed E-state index contributed by atoms with van der Waals surface area (Å²) in [5.41, 5.74) is 1.42. The molecule has 0 atom stereocenters. The van der Waals surface area contributed by atoms with Gasteiger partial charge in [-0.1, -0.05) is 0 Å². The SMILES string of the molecule is Cc1nn(C)c(N(C)CC2CC(O)C2)c1C=O. The molecule has 1 aromatic rings. The first-order chi connectivity index (χ1) is 8.02. The van der Waals surface area contributed by atoms with Crippen molar-refractivity contribution in [2.45, 2.75) is 25.9 Å². The van der Waals surface area contributed by atoms with Gasteiger partial charge in [0.25, 0.3) is 0 Å². The van der Waals surface area contributed by atoms with E-state index < -0.39 is 0 Å². The van der Waals surface area contributed by atoms with Gasteiger partial charge in [-0.2, -0.15) is 5.10 Å². The summed E-state index contributed by atoms with van der Waals surface area (Å²) in [6.45, 7) is 2.70. The predicted octanol–water partition coefficient (Wildman–Crippen LogP) is 0.748. The van der Waals surface area contributed by atoms with Crippen LogP contribution in [0.3, 0.4) is 0 Å². The second kappa shape index (κ2) is 4.49. The normalized spacial score (nSPS) is 23.3. The molecule has 1 aliphatic carbocycles. The van der Waals surface area contributed by atoms with Crippen LogP contribution in [0.5, 0.6) is 0 Å². The average molecular weight is 237 g/mol. The van der Waals surface area contributed by atoms with Crippen molar-refractivity contribution >= 4 is 12.1 Å². The maximum Gasteiger partial charge on any atom is 0.155 e. The maximum absolute atomic E-state index is 11.1. The molecule has 0 aromatic carbocycles. The molecule has 0 unspecified atom stereocenters. The fourth-order valence-electron chi connectivity index (χ4n) is 2.58. The van der Waals surface area contributed by atoms with Crippen molar-refractivity contribution in [3.8, 4) is 0 Å². The van der Waals surface area contributed by atoms with Gasteiger partial charge in [-0.15, -0.1) is 0 Å². The molecule has 1 saturated carbocycles. The Bertz CT molecular complexity index is 422. The molecule has 17 heavy (non-hydrogen) atoms. The van der Waals surface area contributed by atoms with Gasteiger partial charge in [-0.3, -0.25) is 9.48 Å². The Hall–Kier alpha value is -1.36. The van der Waals surface area contributed by atoms with Gasteiger partial charge in [-0.05, 0) is 25.7 Å². The molecule has 1 aromatic heterocycles. The number of nitrogens with zero attached hydrogens (tertiary/aromatic N) is 3. The zero-order chi connectivity index (χ0) is 12.6. The Morgan fingerprint density at radius 3 is 2.76 bits per heavy atom. The smallest absolute Gasteiger partial charge is 0.155 e. The molecule has 1 heterocycles. The van der Waals surface area contributed by atoms with Gasteiger partial charge in [0.1, 0.15) is 5.82 Å².